The Balaban J connectivity index is 1.89. The number of Topliss-reactive ketones (excluding diaryl/α,β-unsaturated/α-hetero) is 1. The van der Waals surface area contributed by atoms with Crippen LogP contribution in [0.15, 0.2) is 40.6 Å². The number of hydrogen-bond donors (Lipinski definition) is 1. The molecule has 1 spiro atoms. The molecule has 3 heterocycles. The molecule has 3 aliphatic heterocycles. The summed E-state index contributed by atoms with van der Waals surface area (Å²) in [7, 11) is 2.89. The van der Waals surface area contributed by atoms with E-state index >= 15 is 0 Å². The Morgan fingerprint density at radius 3 is 2.68 bits per heavy atom. The second-order valence-electron chi connectivity index (χ2n) is 7.18. The zero-order chi connectivity index (χ0) is 17.7. The molecule has 4 unspecified atom stereocenters. The number of carbonyl (C=O) groups is 1. The fraction of sp³-hybridized carbons (Fsp3) is 0.368. The van der Waals surface area contributed by atoms with Crippen LogP contribution in [0.3, 0.4) is 0 Å². The first kappa shape index (κ1) is 14.7. The maximum atomic E-state index is 12.5. The van der Waals surface area contributed by atoms with E-state index in [1.54, 1.807) is 18.2 Å². The molecule has 6 heteroatoms. The molecule has 0 radical (unpaired) electrons. The number of hydrogen-bond acceptors (Lipinski definition) is 6. The third-order valence-corrected chi connectivity index (χ3v) is 6.27. The number of fused-ring (bicyclic) bond motifs is 3. The number of methoxy groups -OCH3 is 2. The normalized spacial score (nSPS) is 36.4. The van der Waals surface area contributed by atoms with Gasteiger partial charge in [0.2, 0.25) is 5.43 Å². The predicted octanol–water partition coefficient (Wildman–Crippen LogP) is 1.71. The van der Waals surface area contributed by atoms with E-state index < -0.39 is 11.3 Å². The highest BCUT2D eigenvalue weighted by atomic mass is 16.5. The van der Waals surface area contributed by atoms with Gasteiger partial charge in [0.1, 0.15) is 0 Å². The van der Waals surface area contributed by atoms with E-state index in [0.29, 0.717) is 0 Å². The first-order valence-corrected chi connectivity index (χ1v) is 8.18. The van der Waals surface area contributed by atoms with Gasteiger partial charge in [-0.3, -0.25) is 14.5 Å². The number of rotatable bonds is 2. The van der Waals surface area contributed by atoms with Gasteiger partial charge in [-0.2, -0.15) is 0 Å². The standard InChI is InChI=1S/C19H17NO5/c1-18-7-11-10-6-12(21)14(24-2)5-4-9(10)15-17(25-3)16(23)13(22)8-19(15,18)20(11)18/h4-6,8,11,22H,7H2,1-3H3. The van der Waals surface area contributed by atoms with Crippen molar-refractivity contribution in [1.29, 1.82) is 0 Å². The number of aliphatic hydroxyl groups is 1. The van der Waals surface area contributed by atoms with Crippen LogP contribution in [0.2, 0.25) is 0 Å². The second-order valence-corrected chi connectivity index (χ2v) is 7.18. The van der Waals surface area contributed by atoms with E-state index in [1.807, 2.05) is 6.07 Å². The average Bonchev–Trinajstić information content (AvgIpc) is 3.07. The average molecular weight is 339 g/mol. The molecular weight excluding hydrogens is 322 g/mol. The Kier molecular flexibility index (Phi) is 2.44. The lowest BCUT2D eigenvalue weighted by Gasteiger charge is -2.36. The van der Waals surface area contributed by atoms with Gasteiger partial charge in [0.05, 0.1) is 19.8 Å². The summed E-state index contributed by atoms with van der Waals surface area (Å²) in [5.74, 6) is -0.396. The maximum Gasteiger partial charge on any atom is 0.261 e. The summed E-state index contributed by atoms with van der Waals surface area (Å²) in [6, 6.07) is 5.15. The van der Waals surface area contributed by atoms with E-state index in [-0.39, 0.29) is 34.3 Å². The molecule has 128 valence electrons. The number of carbonyl (C=O) groups excluding carboxylic acids is 1. The van der Waals surface area contributed by atoms with Crippen LogP contribution in [0, 0.1) is 0 Å². The van der Waals surface area contributed by atoms with Gasteiger partial charge in [0.25, 0.3) is 5.78 Å². The topological polar surface area (TPSA) is 75.8 Å². The quantitative estimate of drug-likeness (QED) is 0.827. The molecule has 5 rings (SSSR count). The number of ketones is 1. The molecule has 4 aliphatic rings. The van der Waals surface area contributed by atoms with Gasteiger partial charge < -0.3 is 14.6 Å². The first-order chi connectivity index (χ1) is 11.9. The number of nitrogens with zero attached hydrogens (tertiary/aromatic N) is 1. The second kappa shape index (κ2) is 4.14. The lowest BCUT2D eigenvalue weighted by Crippen LogP contribution is -2.34. The summed E-state index contributed by atoms with van der Waals surface area (Å²) in [6.45, 7) is 2.11. The molecule has 4 atom stereocenters. The first-order valence-electron chi connectivity index (χ1n) is 8.18. The maximum absolute atomic E-state index is 12.5. The van der Waals surface area contributed by atoms with Crippen molar-refractivity contribution >= 4 is 11.4 Å². The molecule has 0 amide bonds. The lowest BCUT2D eigenvalue weighted by molar-refractivity contribution is -0.117. The fourth-order valence-corrected chi connectivity index (χ4v) is 5.19. The summed E-state index contributed by atoms with van der Waals surface area (Å²) >= 11 is 0. The van der Waals surface area contributed by atoms with Gasteiger partial charge in [-0.1, -0.05) is 6.07 Å². The highest BCUT2D eigenvalue weighted by Gasteiger charge is 2.85. The SMILES string of the molecule is COC1=C2c3ccc(OC)c(=O)cc3C3CC4(C)N3C24C=C(O)C1=O. The van der Waals surface area contributed by atoms with Crippen molar-refractivity contribution in [2.45, 2.75) is 30.5 Å². The van der Waals surface area contributed by atoms with Crippen LogP contribution in [-0.2, 0) is 9.53 Å². The van der Waals surface area contributed by atoms with Crippen LogP contribution >= 0.6 is 0 Å². The van der Waals surface area contributed by atoms with Crippen LogP contribution in [-0.4, -0.2) is 41.1 Å². The van der Waals surface area contributed by atoms with Crippen molar-refractivity contribution in [3.8, 4) is 5.75 Å². The summed E-state index contributed by atoms with van der Waals surface area (Å²) in [4.78, 5) is 27.1. The molecule has 6 nitrogen and oxygen atoms in total. The van der Waals surface area contributed by atoms with E-state index in [1.165, 1.54) is 14.2 Å². The molecule has 0 saturated carbocycles. The van der Waals surface area contributed by atoms with Crippen molar-refractivity contribution in [1.82, 2.24) is 4.90 Å². The third kappa shape index (κ3) is 1.34. The van der Waals surface area contributed by atoms with E-state index in [2.05, 4.69) is 11.8 Å². The molecule has 1 N–H and O–H groups in total. The van der Waals surface area contributed by atoms with Gasteiger partial charge in [-0.25, -0.2) is 0 Å². The zero-order valence-electron chi connectivity index (χ0n) is 14.1. The minimum absolute atomic E-state index is 0.0870. The zero-order valence-corrected chi connectivity index (χ0v) is 14.1. The Bertz CT molecular complexity index is 994. The largest absolute Gasteiger partial charge is 0.504 e. The highest BCUT2D eigenvalue weighted by Crippen LogP contribution is 2.78. The van der Waals surface area contributed by atoms with Crippen LogP contribution in [0.1, 0.15) is 30.5 Å². The lowest BCUT2D eigenvalue weighted by atomic mass is 9.79. The Hall–Kier alpha value is -2.60. The van der Waals surface area contributed by atoms with Crippen molar-refractivity contribution < 1.29 is 19.4 Å². The molecule has 1 aromatic rings. The monoisotopic (exact) mass is 339 g/mol. The van der Waals surface area contributed by atoms with E-state index in [9.17, 15) is 14.7 Å². The van der Waals surface area contributed by atoms with Crippen LogP contribution in [0.5, 0.6) is 5.75 Å². The minimum Gasteiger partial charge on any atom is -0.504 e. The summed E-state index contributed by atoms with van der Waals surface area (Å²) in [5, 5.41) is 10.2. The third-order valence-electron chi connectivity index (χ3n) is 6.27. The number of ether oxygens (including phenoxy) is 2. The summed E-state index contributed by atoms with van der Waals surface area (Å²) < 4.78 is 10.6. The summed E-state index contributed by atoms with van der Waals surface area (Å²) in [5.41, 5.74) is 1.53. The van der Waals surface area contributed by atoms with Crippen LogP contribution < -0.4 is 10.2 Å². The highest BCUT2D eigenvalue weighted by molar-refractivity contribution is 6.15. The fourth-order valence-electron chi connectivity index (χ4n) is 5.19. The predicted molar refractivity (Wildman–Crippen MR) is 89.2 cm³/mol. The van der Waals surface area contributed by atoms with Gasteiger partial charge in [0.15, 0.2) is 17.3 Å². The van der Waals surface area contributed by atoms with E-state index in [0.717, 1.165) is 23.1 Å². The molecule has 25 heavy (non-hydrogen) atoms. The molecule has 1 aromatic carbocycles. The van der Waals surface area contributed by atoms with Gasteiger partial charge in [0, 0.05) is 17.2 Å². The van der Waals surface area contributed by atoms with Crippen molar-refractivity contribution in [3.05, 3.63) is 57.1 Å². The number of aliphatic hydroxyl groups excluding tert-OH is 1. The van der Waals surface area contributed by atoms with Crippen molar-refractivity contribution in [2.24, 2.45) is 0 Å². The van der Waals surface area contributed by atoms with Gasteiger partial charge >= 0.3 is 0 Å². The molecule has 1 aliphatic carbocycles. The minimum atomic E-state index is -0.543. The Morgan fingerprint density at radius 2 is 2.00 bits per heavy atom. The molecule has 2 fully saturated rings. The molecular formula is C19H17NO5. The smallest absolute Gasteiger partial charge is 0.261 e. The van der Waals surface area contributed by atoms with Crippen molar-refractivity contribution in [2.75, 3.05) is 14.2 Å². The van der Waals surface area contributed by atoms with Crippen LogP contribution in [0.4, 0.5) is 0 Å². The summed E-state index contributed by atoms with van der Waals surface area (Å²) in [6.07, 6.45) is 2.50. The molecule has 0 bridgehead atoms. The Labute approximate surface area is 144 Å². The van der Waals surface area contributed by atoms with Crippen molar-refractivity contribution in [3.63, 3.8) is 0 Å². The molecule has 0 aromatic heterocycles. The molecule has 2 saturated heterocycles. The van der Waals surface area contributed by atoms with Gasteiger partial charge in [-0.05, 0) is 42.7 Å². The van der Waals surface area contributed by atoms with Crippen LogP contribution in [0.25, 0.3) is 5.57 Å². The Morgan fingerprint density at radius 1 is 1.24 bits per heavy atom. The van der Waals surface area contributed by atoms with Gasteiger partial charge in [-0.15, -0.1) is 0 Å². The van der Waals surface area contributed by atoms with E-state index in [4.69, 9.17) is 9.47 Å².